The third kappa shape index (κ3) is 3.62. The summed E-state index contributed by atoms with van der Waals surface area (Å²) < 4.78 is 5.47. The van der Waals surface area contributed by atoms with Crippen LogP contribution in [0.4, 0.5) is 5.69 Å². The van der Waals surface area contributed by atoms with E-state index in [1.54, 1.807) is 23.1 Å². The van der Waals surface area contributed by atoms with Crippen molar-refractivity contribution in [3.63, 3.8) is 0 Å². The summed E-state index contributed by atoms with van der Waals surface area (Å²) in [5, 5.41) is 3.75. The van der Waals surface area contributed by atoms with Gasteiger partial charge in [-0.3, -0.25) is 9.59 Å². The summed E-state index contributed by atoms with van der Waals surface area (Å²) in [6, 6.07) is 4.98. The maximum Gasteiger partial charge on any atom is 0.239 e. The van der Waals surface area contributed by atoms with Crippen LogP contribution in [0.2, 0.25) is 10.0 Å². The van der Waals surface area contributed by atoms with E-state index in [0.29, 0.717) is 35.2 Å². The molecule has 2 aliphatic rings. The highest BCUT2D eigenvalue weighted by molar-refractivity contribution is 6.37. The Kier molecular flexibility index (Phi) is 5.09. The summed E-state index contributed by atoms with van der Waals surface area (Å²) in [6.45, 7) is 1.67. The number of benzene rings is 1. The molecule has 23 heavy (non-hydrogen) atoms. The van der Waals surface area contributed by atoms with Gasteiger partial charge in [0.15, 0.2) is 0 Å². The molecule has 5 nitrogen and oxygen atoms in total. The molecule has 2 saturated heterocycles. The molecule has 0 saturated carbocycles. The van der Waals surface area contributed by atoms with Crippen molar-refractivity contribution >= 4 is 40.7 Å². The molecule has 2 amide bonds. The minimum Gasteiger partial charge on any atom is -0.376 e. The summed E-state index contributed by atoms with van der Waals surface area (Å²) in [5.74, 6) is -1.12. The molecular weight excluding hydrogens is 339 g/mol. The van der Waals surface area contributed by atoms with Crippen LogP contribution in [0.15, 0.2) is 18.2 Å². The predicted octanol–water partition coefficient (Wildman–Crippen LogP) is 2.64. The Hall–Kier alpha value is -1.30. The third-order valence-corrected chi connectivity index (χ3v) is 4.79. The second-order valence-corrected chi connectivity index (χ2v) is 6.65. The highest BCUT2D eigenvalue weighted by Crippen LogP contribution is 2.33. The van der Waals surface area contributed by atoms with Crippen LogP contribution in [0.5, 0.6) is 0 Å². The lowest BCUT2D eigenvalue weighted by Gasteiger charge is -2.18. The van der Waals surface area contributed by atoms with Crippen molar-refractivity contribution in [3.8, 4) is 0 Å². The van der Waals surface area contributed by atoms with Crippen molar-refractivity contribution in [3.05, 3.63) is 28.2 Å². The minimum absolute atomic E-state index is 0.0669. The number of rotatable bonds is 4. The number of hydrogen-bond donors (Lipinski definition) is 1. The number of carbonyl (C=O) groups is 2. The SMILES string of the molecule is O=C(NC[C@H]1CCCO1)[C@H]1CCN(c2ccc(Cl)cc2Cl)C1=O. The highest BCUT2D eigenvalue weighted by atomic mass is 35.5. The zero-order chi connectivity index (χ0) is 16.4. The molecule has 2 heterocycles. The van der Waals surface area contributed by atoms with E-state index in [0.717, 1.165) is 19.4 Å². The van der Waals surface area contributed by atoms with Crippen LogP contribution in [0.3, 0.4) is 0 Å². The van der Waals surface area contributed by atoms with Gasteiger partial charge < -0.3 is 15.0 Å². The summed E-state index contributed by atoms with van der Waals surface area (Å²) in [5.41, 5.74) is 0.593. The molecule has 1 aromatic rings. The van der Waals surface area contributed by atoms with Crippen LogP contribution in [-0.4, -0.2) is 37.6 Å². The fourth-order valence-corrected chi connectivity index (χ4v) is 3.52. The van der Waals surface area contributed by atoms with Crippen LogP contribution < -0.4 is 10.2 Å². The lowest BCUT2D eigenvalue weighted by molar-refractivity contribution is -0.132. The summed E-state index contributed by atoms with van der Waals surface area (Å²) in [6.07, 6.45) is 2.52. The van der Waals surface area contributed by atoms with E-state index in [-0.39, 0.29) is 17.9 Å². The van der Waals surface area contributed by atoms with Crippen molar-refractivity contribution in [1.29, 1.82) is 0 Å². The molecule has 124 valence electrons. The molecule has 3 rings (SSSR count). The van der Waals surface area contributed by atoms with E-state index in [1.165, 1.54) is 0 Å². The van der Waals surface area contributed by atoms with Crippen molar-refractivity contribution in [2.45, 2.75) is 25.4 Å². The molecular formula is C16H18Cl2N2O3. The van der Waals surface area contributed by atoms with Gasteiger partial charge in [0.1, 0.15) is 5.92 Å². The van der Waals surface area contributed by atoms with Gasteiger partial charge in [0.25, 0.3) is 0 Å². The van der Waals surface area contributed by atoms with Crippen molar-refractivity contribution < 1.29 is 14.3 Å². The van der Waals surface area contributed by atoms with Crippen LogP contribution in [0.1, 0.15) is 19.3 Å². The number of halogens is 2. The van der Waals surface area contributed by atoms with Gasteiger partial charge in [0, 0.05) is 24.7 Å². The van der Waals surface area contributed by atoms with E-state index in [1.807, 2.05) is 0 Å². The van der Waals surface area contributed by atoms with Gasteiger partial charge in [-0.15, -0.1) is 0 Å². The number of anilines is 1. The molecule has 0 unspecified atom stereocenters. The van der Waals surface area contributed by atoms with Gasteiger partial charge in [0.2, 0.25) is 11.8 Å². The molecule has 0 radical (unpaired) electrons. The van der Waals surface area contributed by atoms with E-state index >= 15 is 0 Å². The quantitative estimate of drug-likeness (QED) is 0.843. The molecule has 0 aliphatic carbocycles. The molecule has 0 spiro atoms. The molecule has 2 atom stereocenters. The van der Waals surface area contributed by atoms with Crippen LogP contribution in [0, 0.1) is 5.92 Å². The monoisotopic (exact) mass is 356 g/mol. The van der Waals surface area contributed by atoms with E-state index in [4.69, 9.17) is 27.9 Å². The first-order chi connectivity index (χ1) is 11.1. The number of nitrogens with one attached hydrogen (secondary N) is 1. The Bertz CT molecular complexity index is 617. The Labute approximate surface area is 144 Å². The minimum atomic E-state index is -0.664. The number of carbonyl (C=O) groups excluding carboxylic acids is 2. The van der Waals surface area contributed by atoms with Gasteiger partial charge >= 0.3 is 0 Å². The lowest BCUT2D eigenvalue weighted by Crippen LogP contribution is -2.40. The number of hydrogen-bond acceptors (Lipinski definition) is 3. The van der Waals surface area contributed by atoms with Crippen molar-refractivity contribution in [1.82, 2.24) is 5.32 Å². The van der Waals surface area contributed by atoms with Gasteiger partial charge in [-0.2, -0.15) is 0 Å². The predicted molar refractivity (Wildman–Crippen MR) is 88.9 cm³/mol. The first-order valence-corrected chi connectivity index (χ1v) is 8.47. The summed E-state index contributed by atoms with van der Waals surface area (Å²) >= 11 is 12.0. The number of ether oxygens (including phenoxy) is 1. The fraction of sp³-hybridized carbons (Fsp3) is 0.500. The zero-order valence-corrected chi connectivity index (χ0v) is 14.1. The Morgan fingerprint density at radius 2 is 2.17 bits per heavy atom. The average molecular weight is 357 g/mol. The largest absolute Gasteiger partial charge is 0.376 e. The Morgan fingerprint density at radius 3 is 2.87 bits per heavy atom. The van der Waals surface area contributed by atoms with E-state index in [9.17, 15) is 9.59 Å². The molecule has 1 aromatic carbocycles. The molecule has 0 aromatic heterocycles. The summed E-state index contributed by atoms with van der Waals surface area (Å²) in [4.78, 5) is 26.3. The second-order valence-electron chi connectivity index (χ2n) is 5.81. The fourth-order valence-electron chi connectivity index (χ4n) is 3.01. The van der Waals surface area contributed by atoms with Gasteiger partial charge in [-0.05, 0) is 37.5 Å². The molecule has 0 bridgehead atoms. The smallest absolute Gasteiger partial charge is 0.239 e. The first kappa shape index (κ1) is 16.6. The van der Waals surface area contributed by atoms with Crippen molar-refractivity contribution in [2.24, 2.45) is 5.92 Å². The topological polar surface area (TPSA) is 58.6 Å². The highest BCUT2D eigenvalue weighted by Gasteiger charge is 2.38. The maximum absolute atomic E-state index is 12.5. The maximum atomic E-state index is 12.5. The second kappa shape index (κ2) is 7.07. The Balaban J connectivity index is 1.62. The van der Waals surface area contributed by atoms with Gasteiger partial charge in [-0.1, -0.05) is 23.2 Å². The van der Waals surface area contributed by atoms with Crippen molar-refractivity contribution in [2.75, 3.05) is 24.6 Å². The van der Waals surface area contributed by atoms with Crippen LogP contribution in [0.25, 0.3) is 0 Å². The Morgan fingerprint density at radius 1 is 1.35 bits per heavy atom. The van der Waals surface area contributed by atoms with Gasteiger partial charge in [0.05, 0.1) is 16.8 Å². The van der Waals surface area contributed by atoms with Crippen LogP contribution in [-0.2, 0) is 14.3 Å². The number of amides is 2. The zero-order valence-electron chi connectivity index (χ0n) is 12.6. The summed E-state index contributed by atoms with van der Waals surface area (Å²) in [7, 11) is 0. The van der Waals surface area contributed by atoms with E-state index in [2.05, 4.69) is 5.32 Å². The number of nitrogens with zero attached hydrogens (tertiary/aromatic N) is 1. The molecule has 2 fully saturated rings. The van der Waals surface area contributed by atoms with E-state index < -0.39 is 5.92 Å². The van der Waals surface area contributed by atoms with Crippen LogP contribution >= 0.6 is 23.2 Å². The lowest BCUT2D eigenvalue weighted by atomic mass is 10.1. The molecule has 7 heteroatoms. The molecule has 1 N–H and O–H groups in total. The first-order valence-electron chi connectivity index (χ1n) is 7.72. The average Bonchev–Trinajstić information content (AvgIpc) is 3.15. The van der Waals surface area contributed by atoms with Gasteiger partial charge in [-0.25, -0.2) is 0 Å². The third-order valence-electron chi connectivity index (χ3n) is 4.25. The molecule has 2 aliphatic heterocycles. The standard InChI is InChI=1S/C16H18Cl2N2O3/c17-10-3-4-14(13(18)8-10)20-6-5-12(16(20)22)15(21)19-9-11-2-1-7-23-11/h3-4,8,11-12H,1-2,5-7,9H2,(H,19,21)/t11-,12-/m1/s1. The normalized spacial score (nSPS) is 24.3.